The predicted molar refractivity (Wildman–Crippen MR) is 92.2 cm³/mol. The lowest BCUT2D eigenvalue weighted by Gasteiger charge is -2.26. The van der Waals surface area contributed by atoms with Crippen LogP contribution in [0.25, 0.3) is 10.9 Å². The molecule has 0 saturated carbocycles. The number of fused-ring (bicyclic) bond motifs is 1. The molecular formula is C18H22N3O5-. The largest absolute Gasteiger partial charge is 0.550 e. The molecule has 1 fully saturated rings. The Hall–Kier alpha value is -2.45. The topological polar surface area (TPSA) is 96.8 Å². The molecule has 0 aliphatic carbocycles. The molecule has 0 spiro atoms. The van der Waals surface area contributed by atoms with E-state index >= 15 is 0 Å². The Balaban J connectivity index is 1.69. The molecule has 1 aliphatic rings. The Morgan fingerprint density at radius 1 is 1.31 bits per heavy atom. The van der Waals surface area contributed by atoms with Gasteiger partial charge < -0.3 is 24.1 Å². The van der Waals surface area contributed by atoms with Crippen molar-refractivity contribution >= 4 is 16.9 Å². The van der Waals surface area contributed by atoms with Crippen molar-refractivity contribution in [2.45, 2.75) is 12.8 Å². The van der Waals surface area contributed by atoms with E-state index in [1.54, 1.807) is 12.1 Å². The molecule has 2 aromatic rings. The number of nitrogens with zero attached hydrogens (tertiary/aromatic N) is 3. The van der Waals surface area contributed by atoms with Crippen LogP contribution in [0.15, 0.2) is 18.5 Å². The van der Waals surface area contributed by atoms with Crippen molar-refractivity contribution in [3.63, 3.8) is 0 Å². The van der Waals surface area contributed by atoms with Gasteiger partial charge >= 0.3 is 0 Å². The lowest BCUT2D eigenvalue weighted by molar-refractivity contribution is -0.304. The Bertz CT molecular complexity index is 762. The molecule has 1 saturated heterocycles. The SMILES string of the molecule is COc1cc2ncnc(OCCCN3CCOCC3)c2cc1CC(=O)[O-]. The van der Waals surface area contributed by atoms with Crippen LogP contribution in [-0.2, 0) is 16.0 Å². The molecule has 0 N–H and O–H groups in total. The van der Waals surface area contributed by atoms with E-state index < -0.39 is 5.97 Å². The van der Waals surface area contributed by atoms with E-state index in [-0.39, 0.29) is 6.42 Å². The second-order valence-corrected chi connectivity index (χ2v) is 6.06. The van der Waals surface area contributed by atoms with E-state index in [1.165, 1.54) is 13.4 Å². The molecule has 8 heteroatoms. The van der Waals surface area contributed by atoms with Crippen LogP contribution in [0, 0.1) is 0 Å². The number of methoxy groups -OCH3 is 1. The fourth-order valence-electron chi connectivity index (χ4n) is 2.99. The van der Waals surface area contributed by atoms with Crippen molar-refractivity contribution in [1.29, 1.82) is 0 Å². The lowest BCUT2D eigenvalue weighted by atomic mass is 10.1. The highest BCUT2D eigenvalue weighted by Gasteiger charge is 2.13. The second-order valence-electron chi connectivity index (χ2n) is 6.06. The monoisotopic (exact) mass is 360 g/mol. The number of hydrogen-bond donors (Lipinski definition) is 0. The normalized spacial score (nSPS) is 15.1. The van der Waals surface area contributed by atoms with E-state index in [9.17, 15) is 9.90 Å². The third-order valence-corrected chi connectivity index (χ3v) is 4.30. The maximum Gasteiger partial charge on any atom is 0.224 e. The van der Waals surface area contributed by atoms with E-state index in [2.05, 4.69) is 14.9 Å². The van der Waals surface area contributed by atoms with Crippen LogP contribution in [0.1, 0.15) is 12.0 Å². The van der Waals surface area contributed by atoms with Crippen LogP contribution in [0.3, 0.4) is 0 Å². The van der Waals surface area contributed by atoms with Gasteiger partial charge in [-0.3, -0.25) is 4.90 Å². The Morgan fingerprint density at radius 2 is 2.12 bits per heavy atom. The first-order valence-corrected chi connectivity index (χ1v) is 8.61. The summed E-state index contributed by atoms with van der Waals surface area (Å²) in [7, 11) is 1.49. The zero-order valence-electron chi connectivity index (χ0n) is 14.8. The van der Waals surface area contributed by atoms with Crippen molar-refractivity contribution in [3.05, 3.63) is 24.0 Å². The van der Waals surface area contributed by atoms with E-state index in [1.807, 2.05) is 0 Å². The van der Waals surface area contributed by atoms with Crippen molar-refractivity contribution in [1.82, 2.24) is 14.9 Å². The first-order valence-electron chi connectivity index (χ1n) is 8.61. The summed E-state index contributed by atoms with van der Waals surface area (Å²) in [5.41, 5.74) is 1.15. The Kier molecular flexibility index (Phi) is 6.19. The van der Waals surface area contributed by atoms with Crippen molar-refractivity contribution in [2.24, 2.45) is 0 Å². The van der Waals surface area contributed by atoms with Gasteiger partial charge in [0.15, 0.2) is 0 Å². The van der Waals surface area contributed by atoms with Crippen LogP contribution in [0.5, 0.6) is 11.6 Å². The van der Waals surface area contributed by atoms with Gasteiger partial charge in [0, 0.05) is 43.7 Å². The molecule has 0 atom stereocenters. The number of carbonyl (C=O) groups is 1. The minimum atomic E-state index is -1.17. The first-order chi connectivity index (χ1) is 12.7. The summed E-state index contributed by atoms with van der Waals surface area (Å²) < 4.78 is 16.4. The van der Waals surface area contributed by atoms with E-state index in [0.717, 1.165) is 39.3 Å². The highest BCUT2D eigenvalue weighted by atomic mass is 16.5. The number of benzene rings is 1. The highest BCUT2D eigenvalue weighted by molar-refractivity contribution is 5.86. The number of carboxylic acids is 1. The Labute approximate surface area is 151 Å². The van der Waals surface area contributed by atoms with Crippen LogP contribution in [-0.4, -0.2) is 67.4 Å². The summed E-state index contributed by atoms with van der Waals surface area (Å²) in [5.74, 6) is -0.273. The summed E-state index contributed by atoms with van der Waals surface area (Å²) >= 11 is 0. The average Bonchev–Trinajstić information content (AvgIpc) is 2.65. The molecule has 1 aliphatic heterocycles. The molecule has 0 amide bonds. The average molecular weight is 360 g/mol. The molecule has 1 aromatic carbocycles. The van der Waals surface area contributed by atoms with Crippen LogP contribution in [0.4, 0.5) is 0 Å². The molecule has 0 bridgehead atoms. The van der Waals surface area contributed by atoms with Gasteiger partial charge in [-0.1, -0.05) is 0 Å². The van der Waals surface area contributed by atoms with Crippen molar-refractivity contribution in [3.8, 4) is 11.6 Å². The standard InChI is InChI=1S/C18H23N3O5/c1-24-16-11-15-14(9-13(16)10-17(22)23)18(20-12-19-15)26-6-2-3-21-4-7-25-8-5-21/h9,11-12H,2-8,10H2,1H3,(H,22,23)/p-1. The molecule has 0 unspecified atom stereocenters. The Morgan fingerprint density at radius 3 is 2.85 bits per heavy atom. The molecular weight excluding hydrogens is 338 g/mol. The number of hydrogen-bond acceptors (Lipinski definition) is 8. The van der Waals surface area contributed by atoms with Crippen LogP contribution in [0.2, 0.25) is 0 Å². The summed E-state index contributed by atoms with van der Waals surface area (Å²) in [5, 5.41) is 11.6. The maximum absolute atomic E-state index is 11.0. The van der Waals surface area contributed by atoms with Crippen LogP contribution < -0.4 is 14.6 Å². The van der Waals surface area contributed by atoms with Crippen LogP contribution >= 0.6 is 0 Å². The summed E-state index contributed by atoms with van der Waals surface area (Å²) in [4.78, 5) is 21.7. The number of carbonyl (C=O) groups excluding carboxylic acids is 1. The molecule has 140 valence electrons. The predicted octanol–water partition coefficient (Wildman–Crippen LogP) is 0.0319. The van der Waals surface area contributed by atoms with Gasteiger partial charge in [0.1, 0.15) is 12.1 Å². The van der Waals surface area contributed by atoms with E-state index in [0.29, 0.717) is 34.7 Å². The minimum Gasteiger partial charge on any atom is -0.550 e. The van der Waals surface area contributed by atoms with E-state index in [4.69, 9.17) is 14.2 Å². The van der Waals surface area contributed by atoms with Gasteiger partial charge in [0.05, 0.1) is 37.8 Å². The summed E-state index contributed by atoms with van der Waals surface area (Å²) in [6, 6.07) is 3.39. The quantitative estimate of drug-likeness (QED) is 0.609. The zero-order chi connectivity index (χ0) is 18.4. The van der Waals surface area contributed by atoms with Gasteiger partial charge in [0.2, 0.25) is 5.88 Å². The maximum atomic E-state index is 11.0. The smallest absolute Gasteiger partial charge is 0.224 e. The molecule has 8 nitrogen and oxygen atoms in total. The third-order valence-electron chi connectivity index (χ3n) is 4.30. The van der Waals surface area contributed by atoms with Gasteiger partial charge in [-0.25, -0.2) is 9.97 Å². The second kappa shape index (κ2) is 8.77. The number of morpholine rings is 1. The minimum absolute atomic E-state index is 0.246. The molecule has 1 aromatic heterocycles. The zero-order valence-corrected chi connectivity index (χ0v) is 14.8. The van der Waals surface area contributed by atoms with Gasteiger partial charge in [0.25, 0.3) is 0 Å². The third kappa shape index (κ3) is 4.59. The highest BCUT2D eigenvalue weighted by Crippen LogP contribution is 2.29. The molecule has 0 radical (unpaired) electrons. The molecule has 2 heterocycles. The number of aromatic nitrogens is 2. The number of carboxylic acid groups (broad SMARTS) is 1. The summed E-state index contributed by atoms with van der Waals surface area (Å²) in [6.07, 6.45) is 2.05. The lowest BCUT2D eigenvalue weighted by Crippen LogP contribution is -2.37. The number of ether oxygens (including phenoxy) is 3. The van der Waals surface area contributed by atoms with Crippen molar-refractivity contribution in [2.75, 3.05) is 46.6 Å². The number of aliphatic carboxylic acids is 1. The van der Waals surface area contributed by atoms with Gasteiger partial charge in [-0.2, -0.15) is 0 Å². The fourth-order valence-corrected chi connectivity index (χ4v) is 2.99. The van der Waals surface area contributed by atoms with Gasteiger partial charge in [-0.05, 0) is 12.5 Å². The summed E-state index contributed by atoms with van der Waals surface area (Å²) in [6.45, 7) is 4.91. The number of rotatable bonds is 8. The molecule has 26 heavy (non-hydrogen) atoms. The fraction of sp³-hybridized carbons (Fsp3) is 0.500. The van der Waals surface area contributed by atoms with Crippen molar-refractivity contribution < 1.29 is 24.1 Å². The molecule has 3 rings (SSSR count). The van der Waals surface area contributed by atoms with Gasteiger partial charge in [-0.15, -0.1) is 0 Å². The first kappa shape index (κ1) is 18.3.